The van der Waals surface area contributed by atoms with Crippen molar-refractivity contribution in [2.75, 3.05) is 19.7 Å². The van der Waals surface area contributed by atoms with Crippen molar-refractivity contribution in [3.8, 4) is 11.3 Å². The van der Waals surface area contributed by atoms with E-state index in [0.29, 0.717) is 25.3 Å². The predicted octanol–water partition coefficient (Wildman–Crippen LogP) is 3.25. The van der Waals surface area contributed by atoms with Crippen molar-refractivity contribution in [3.63, 3.8) is 0 Å². The number of benzene rings is 1. The third-order valence-corrected chi connectivity index (χ3v) is 6.11. The molecule has 2 aromatic rings. The van der Waals surface area contributed by atoms with Crippen LogP contribution in [-0.2, 0) is 9.53 Å². The molecule has 2 saturated heterocycles. The Hall–Kier alpha value is -2.67. The highest BCUT2D eigenvalue weighted by atomic mass is 16.5. The first-order valence-electron chi connectivity index (χ1n) is 10.8. The summed E-state index contributed by atoms with van der Waals surface area (Å²) in [7, 11) is 0. The fourth-order valence-corrected chi connectivity index (χ4v) is 4.14. The maximum absolute atomic E-state index is 13.1. The second-order valence-corrected chi connectivity index (χ2v) is 8.27. The number of carbonyl (C=O) groups is 2. The van der Waals surface area contributed by atoms with Crippen LogP contribution in [0.3, 0.4) is 0 Å². The first-order chi connectivity index (χ1) is 14.5. The number of nitrogens with zero attached hydrogens (tertiary/aromatic N) is 2. The largest absolute Gasteiger partial charge is 0.376 e. The summed E-state index contributed by atoms with van der Waals surface area (Å²) in [4.78, 5) is 27.6. The van der Waals surface area contributed by atoms with Gasteiger partial charge in [0.2, 0.25) is 5.91 Å². The highest BCUT2D eigenvalue weighted by Crippen LogP contribution is 2.25. The maximum atomic E-state index is 13.1. The molecule has 1 aromatic heterocycles. The van der Waals surface area contributed by atoms with Crippen molar-refractivity contribution in [2.45, 2.75) is 58.1 Å². The highest BCUT2D eigenvalue weighted by Gasteiger charge is 2.34. The van der Waals surface area contributed by atoms with Crippen LogP contribution in [0.15, 0.2) is 28.8 Å². The van der Waals surface area contributed by atoms with Gasteiger partial charge >= 0.3 is 0 Å². The van der Waals surface area contributed by atoms with Gasteiger partial charge in [0.15, 0.2) is 11.5 Å². The molecular formula is C23H29N3O4. The van der Waals surface area contributed by atoms with Gasteiger partial charge in [0.1, 0.15) is 6.04 Å². The summed E-state index contributed by atoms with van der Waals surface area (Å²) in [6.45, 7) is 5.88. The van der Waals surface area contributed by atoms with E-state index in [2.05, 4.69) is 17.4 Å². The fraction of sp³-hybridized carbons (Fsp3) is 0.522. The standard InChI is InChI=1S/C23H29N3O4/c1-15-8-9-17(12-16(15)2)21-13-19(25-30-21)23(28)26-10-4-3-7-20(26)22(27)24-14-18-6-5-11-29-18/h8-9,12-13,18,20H,3-7,10-11,14H2,1-2H3,(H,24,27)/t18-,20+/m0/s1. The van der Waals surface area contributed by atoms with E-state index in [0.717, 1.165) is 43.4 Å². The molecule has 0 saturated carbocycles. The van der Waals surface area contributed by atoms with Gasteiger partial charge in [-0.05, 0) is 63.1 Å². The van der Waals surface area contributed by atoms with Crippen molar-refractivity contribution < 1.29 is 18.8 Å². The van der Waals surface area contributed by atoms with E-state index in [9.17, 15) is 9.59 Å². The molecule has 2 aliphatic heterocycles. The van der Waals surface area contributed by atoms with Gasteiger partial charge in [-0.3, -0.25) is 9.59 Å². The van der Waals surface area contributed by atoms with Crippen LogP contribution in [0.2, 0.25) is 0 Å². The number of hydrogen-bond donors (Lipinski definition) is 1. The molecule has 0 aliphatic carbocycles. The van der Waals surface area contributed by atoms with Crippen LogP contribution in [0.25, 0.3) is 11.3 Å². The van der Waals surface area contributed by atoms with Crippen molar-refractivity contribution >= 4 is 11.8 Å². The zero-order valence-electron chi connectivity index (χ0n) is 17.6. The van der Waals surface area contributed by atoms with Gasteiger partial charge in [-0.2, -0.15) is 0 Å². The van der Waals surface area contributed by atoms with Gasteiger partial charge in [-0.15, -0.1) is 0 Å². The second-order valence-electron chi connectivity index (χ2n) is 8.27. The SMILES string of the molecule is Cc1ccc(-c2cc(C(=O)N3CCCC[C@@H]3C(=O)NC[C@@H]3CCCO3)no2)cc1C. The minimum absolute atomic E-state index is 0.0813. The van der Waals surface area contributed by atoms with Gasteiger partial charge in [0.25, 0.3) is 5.91 Å². The summed E-state index contributed by atoms with van der Waals surface area (Å²) >= 11 is 0. The molecule has 2 amide bonds. The lowest BCUT2D eigenvalue weighted by molar-refractivity contribution is -0.127. The van der Waals surface area contributed by atoms with Gasteiger partial charge in [-0.25, -0.2) is 0 Å². The molecule has 7 heteroatoms. The van der Waals surface area contributed by atoms with Gasteiger partial charge in [0, 0.05) is 31.3 Å². The number of piperidine rings is 1. The van der Waals surface area contributed by atoms with Crippen molar-refractivity contribution in [1.82, 2.24) is 15.4 Å². The number of aryl methyl sites for hydroxylation is 2. The number of hydrogen-bond acceptors (Lipinski definition) is 5. The molecular weight excluding hydrogens is 382 g/mol. The van der Waals surface area contributed by atoms with Crippen LogP contribution in [0.1, 0.15) is 53.7 Å². The second kappa shape index (κ2) is 9.00. The molecule has 1 aromatic carbocycles. The molecule has 0 spiro atoms. The maximum Gasteiger partial charge on any atom is 0.276 e. The molecule has 3 heterocycles. The van der Waals surface area contributed by atoms with Gasteiger partial charge < -0.3 is 19.5 Å². The summed E-state index contributed by atoms with van der Waals surface area (Å²) in [5.74, 6) is 0.181. The van der Waals surface area contributed by atoms with Crippen LogP contribution < -0.4 is 5.32 Å². The predicted molar refractivity (Wildman–Crippen MR) is 112 cm³/mol. The molecule has 2 atom stereocenters. The van der Waals surface area contributed by atoms with E-state index in [1.54, 1.807) is 11.0 Å². The Balaban J connectivity index is 1.45. The Morgan fingerprint density at radius 3 is 2.77 bits per heavy atom. The zero-order chi connectivity index (χ0) is 21.1. The fourth-order valence-electron chi connectivity index (χ4n) is 4.14. The van der Waals surface area contributed by atoms with E-state index >= 15 is 0 Å². The highest BCUT2D eigenvalue weighted by molar-refractivity contribution is 5.96. The first-order valence-corrected chi connectivity index (χ1v) is 10.8. The summed E-state index contributed by atoms with van der Waals surface area (Å²) in [5, 5.41) is 6.98. The van der Waals surface area contributed by atoms with E-state index in [1.807, 2.05) is 25.1 Å². The average Bonchev–Trinajstić information content (AvgIpc) is 3.46. The van der Waals surface area contributed by atoms with E-state index in [-0.39, 0.29) is 23.6 Å². The molecule has 160 valence electrons. The smallest absolute Gasteiger partial charge is 0.276 e. The number of carbonyl (C=O) groups excluding carboxylic acids is 2. The molecule has 0 radical (unpaired) electrons. The van der Waals surface area contributed by atoms with Crippen LogP contribution in [0, 0.1) is 13.8 Å². The Labute approximate surface area is 176 Å². The topological polar surface area (TPSA) is 84.7 Å². The summed E-state index contributed by atoms with van der Waals surface area (Å²) in [6.07, 6.45) is 4.54. The monoisotopic (exact) mass is 411 g/mol. The van der Waals surface area contributed by atoms with Crippen LogP contribution in [-0.4, -0.2) is 53.7 Å². The molecule has 30 heavy (non-hydrogen) atoms. The van der Waals surface area contributed by atoms with Crippen LogP contribution in [0.5, 0.6) is 0 Å². The van der Waals surface area contributed by atoms with Gasteiger partial charge in [-0.1, -0.05) is 17.3 Å². The Morgan fingerprint density at radius 1 is 1.13 bits per heavy atom. The molecule has 0 unspecified atom stereocenters. The van der Waals surface area contributed by atoms with E-state index < -0.39 is 6.04 Å². The molecule has 0 bridgehead atoms. The number of rotatable bonds is 5. The van der Waals surface area contributed by atoms with E-state index in [1.165, 1.54) is 5.56 Å². The number of aromatic nitrogens is 1. The average molecular weight is 412 g/mol. The van der Waals surface area contributed by atoms with Gasteiger partial charge in [0.05, 0.1) is 6.10 Å². The first kappa shape index (κ1) is 20.6. The lowest BCUT2D eigenvalue weighted by Gasteiger charge is -2.34. The summed E-state index contributed by atoms with van der Waals surface area (Å²) in [6, 6.07) is 7.19. The van der Waals surface area contributed by atoms with Crippen molar-refractivity contribution in [1.29, 1.82) is 0 Å². The lowest BCUT2D eigenvalue weighted by Crippen LogP contribution is -2.52. The van der Waals surface area contributed by atoms with E-state index in [4.69, 9.17) is 9.26 Å². The Kier molecular flexibility index (Phi) is 6.18. The Bertz CT molecular complexity index is 917. The number of likely N-dealkylation sites (tertiary alicyclic amines) is 1. The summed E-state index contributed by atoms with van der Waals surface area (Å²) in [5.41, 5.74) is 3.46. The normalized spacial score (nSPS) is 21.6. The minimum atomic E-state index is -0.477. The van der Waals surface area contributed by atoms with Crippen molar-refractivity contribution in [3.05, 3.63) is 41.1 Å². The molecule has 7 nitrogen and oxygen atoms in total. The molecule has 2 aliphatic rings. The third kappa shape index (κ3) is 4.41. The zero-order valence-corrected chi connectivity index (χ0v) is 17.6. The quantitative estimate of drug-likeness (QED) is 0.816. The molecule has 1 N–H and O–H groups in total. The van der Waals surface area contributed by atoms with Crippen LogP contribution in [0.4, 0.5) is 0 Å². The Morgan fingerprint density at radius 2 is 2.00 bits per heavy atom. The minimum Gasteiger partial charge on any atom is -0.376 e. The summed E-state index contributed by atoms with van der Waals surface area (Å²) < 4.78 is 11.0. The van der Waals surface area contributed by atoms with Crippen LogP contribution >= 0.6 is 0 Å². The number of nitrogens with one attached hydrogen (secondary N) is 1. The lowest BCUT2D eigenvalue weighted by atomic mass is 10.0. The number of amides is 2. The van der Waals surface area contributed by atoms with Crippen molar-refractivity contribution in [2.24, 2.45) is 0 Å². The third-order valence-electron chi connectivity index (χ3n) is 6.11. The molecule has 4 rings (SSSR count). The number of ether oxygens (including phenoxy) is 1. The molecule has 2 fully saturated rings.